The first-order chi connectivity index (χ1) is 14.0. The molecule has 1 fully saturated rings. The first-order valence-corrected chi connectivity index (χ1v) is 9.66. The van der Waals surface area contributed by atoms with Gasteiger partial charge in [-0.1, -0.05) is 18.2 Å². The van der Waals surface area contributed by atoms with Crippen LogP contribution in [-0.2, 0) is 11.2 Å². The molecule has 3 rings (SSSR count). The number of halogens is 1. The lowest BCUT2D eigenvalue weighted by atomic mass is 9.91. The summed E-state index contributed by atoms with van der Waals surface area (Å²) in [5, 5.41) is 6.35. The average molecular weight is 399 g/mol. The molecule has 0 aromatic heterocycles. The maximum atomic E-state index is 13.0. The van der Waals surface area contributed by atoms with E-state index in [0.717, 1.165) is 31.4 Å². The third kappa shape index (κ3) is 5.54. The van der Waals surface area contributed by atoms with Gasteiger partial charge < -0.3 is 10.1 Å². The van der Waals surface area contributed by atoms with Crippen LogP contribution >= 0.6 is 0 Å². The van der Waals surface area contributed by atoms with Gasteiger partial charge in [0.05, 0.1) is 18.8 Å². The fraction of sp³-hybridized carbons (Fsp3) is 0.364. The van der Waals surface area contributed by atoms with E-state index in [-0.39, 0.29) is 18.0 Å². The molecule has 1 aliphatic heterocycles. The Morgan fingerprint density at radius 2 is 1.97 bits per heavy atom. The quantitative estimate of drug-likeness (QED) is 0.757. The third-order valence-corrected chi connectivity index (χ3v) is 5.21. The van der Waals surface area contributed by atoms with Gasteiger partial charge in [-0.05, 0) is 61.1 Å². The molecule has 154 valence electrons. The van der Waals surface area contributed by atoms with Crippen LogP contribution in [0.25, 0.3) is 0 Å². The van der Waals surface area contributed by atoms with Crippen molar-refractivity contribution in [1.82, 2.24) is 10.6 Å². The van der Waals surface area contributed by atoms with Gasteiger partial charge in [0.1, 0.15) is 5.82 Å². The predicted octanol–water partition coefficient (Wildman–Crippen LogP) is 3.33. The Bertz CT molecular complexity index is 849. The molecule has 2 amide bonds. The minimum absolute atomic E-state index is 0.113. The molecule has 2 aromatic rings. The molecule has 7 heteroatoms. The lowest BCUT2D eigenvalue weighted by molar-refractivity contribution is 0.0600. The molecule has 0 radical (unpaired) electrons. The van der Waals surface area contributed by atoms with E-state index in [9.17, 15) is 14.0 Å². The second-order valence-corrected chi connectivity index (χ2v) is 7.29. The maximum Gasteiger partial charge on any atom is 0.337 e. The van der Waals surface area contributed by atoms with Crippen molar-refractivity contribution in [1.29, 1.82) is 0 Å². The van der Waals surface area contributed by atoms with E-state index >= 15 is 0 Å². The summed E-state index contributed by atoms with van der Waals surface area (Å²) in [4.78, 5) is 25.7. The molecule has 0 unspecified atom stereocenters. The molecule has 0 bridgehead atoms. The number of ether oxygens (including phenoxy) is 1. The van der Waals surface area contributed by atoms with Gasteiger partial charge in [-0.2, -0.15) is 0 Å². The Balaban J connectivity index is 1.50. The topological polar surface area (TPSA) is 70.7 Å². The number of methoxy groups -OCH3 is 1. The molecule has 0 aliphatic carbocycles. The fourth-order valence-electron chi connectivity index (χ4n) is 3.49. The van der Waals surface area contributed by atoms with E-state index in [1.54, 1.807) is 31.3 Å². The van der Waals surface area contributed by atoms with Gasteiger partial charge in [0, 0.05) is 19.3 Å². The van der Waals surface area contributed by atoms with E-state index in [1.807, 2.05) is 12.1 Å². The van der Waals surface area contributed by atoms with Crippen molar-refractivity contribution < 1.29 is 18.7 Å². The molecule has 0 saturated carbocycles. The van der Waals surface area contributed by atoms with Crippen LogP contribution in [0.4, 0.5) is 14.9 Å². The highest BCUT2D eigenvalue weighted by Crippen LogP contribution is 2.20. The van der Waals surface area contributed by atoms with Gasteiger partial charge >= 0.3 is 12.0 Å². The van der Waals surface area contributed by atoms with Crippen molar-refractivity contribution in [3.05, 3.63) is 65.5 Å². The Hall–Kier alpha value is -2.93. The van der Waals surface area contributed by atoms with Crippen LogP contribution in [-0.4, -0.2) is 38.9 Å². The number of benzene rings is 2. The van der Waals surface area contributed by atoms with Gasteiger partial charge in [0.2, 0.25) is 0 Å². The molecule has 2 aromatic carbocycles. The standard InChI is InChI=1S/C22H26FN3O3/c1-26(19-5-3-4-17(13-19)21(27)29-2)22(28)25-20-11-8-16(14-24-20)12-15-6-9-18(23)10-7-15/h3-7,9-10,13,16,20,24H,8,11-12,14H2,1-2H3,(H,25,28)/t16-,20+/m1/s1. The molecular weight excluding hydrogens is 373 g/mol. The highest BCUT2D eigenvalue weighted by molar-refractivity contribution is 5.95. The van der Waals surface area contributed by atoms with Crippen molar-refractivity contribution >= 4 is 17.7 Å². The molecule has 2 N–H and O–H groups in total. The number of hydrogen-bond donors (Lipinski definition) is 2. The minimum Gasteiger partial charge on any atom is -0.465 e. The lowest BCUT2D eigenvalue weighted by Gasteiger charge is -2.32. The molecule has 6 nitrogen and oxygen atoms in total. The lowest BCUT2D eigenvalue weighted by Crippen LogP contribution is -2.53. The molecular formula is C22H26FN3O3. The molecule has 1 aliphatic rings. The van der Waals surface area contributed by atoms with Gasteiger partial charge in [-0.3, -0.25) is 10.2 Å². The first kappa shape index (κ1) is 20.8. The number of piperidine rings is 1. The number of carbonyl (C=O) groups excluding carboxylic acids is 2. The predicted molar refractivity (Wildman–Crippen MR) is 109 cm³/mol. The van der Waals surface area contributed by atoms with Crippen molar-refractivity contribution in [3.8, 4) is 0 Å². The van der Waals surface area contributed by atoms with Crippen LogP contribution in [0, 0.1) is 11.7 Å². The number of carbonyl (C=O) groups is 2. The number of nitrogens with one attached hydrogen (secondary N) is 2. The number of hydrogen-bond acceptors (Lipinski definition) is 4. The third-order valence-electron chi connectivity index (χ3n) is 5.21. The number of esters is 1. The largest absolute Gasteiger partial charge is 0.465 e. The van der Waals surface area contributed by atoms with Gasteiger partial charge in [-0.25, -0.2) is 14.0 Å². The normalized spacial score (nSPS) is 18.7. The Morgan fingerprint density at radius 3 is 2.62 bits per heavy atom. The Kier molecular flexibility index (Phi) is 6.82. The molecule has 1 heterocycles. The summed E-state index contributed by atoms with van der Waals surface area (Å²) < 4.78 is 17.8. The van der Waals surface area contributed by atoms with Crippen LogP contribution in [0.1, 0.15) is 28.8 Å². The summed E-state index contributed by atoms with van der Waals surface area (Å²) in [6.45, 7) is 0.782. The molecule has 2 atom stereocenters. The highest BCUT2D eigenvalue weighted by atomic mass is 19.1. The van der Waals surface area contributed by atoms with E-state index in [1.165, 1.54) is 24.1 Å². The maximum absolute atomic E-state index is 13.0. The fourth-order valence-corrected chi connectivity index (χ4v) is 3.49. The van der Waals surface area contributed by atoms with E-state index in [4.69, 9.17) is 4.74 Å². The summed E-state index contributed by atoms with van der Waals surface area (Å²) >= 11 is 0. The summed E-state index contributed by atoms with van der Waals surface area (Å²) in [7, 11) is 2.98. The van der Waals surface area contributed by atoms with E-state index in [0.29, 0.717) is 17.2 Å². The van der Waals surface area contributed by atoms with Crippen molar-refractivity contribution in [2.24, 2.45) is 5.92 Å². The summed E-state index contributed by atoms with van der Waals surface area (Å²) in [5.74, 6) is -0.218. The Labute approximate surface area is 170 Å². The van der Waals surface area contributed by atoms with Gasteiger partial charge in [0.15, 0.2) is 0 Å². The number of anilines is 1. The van der Waals surface area contributed by atoms with Crippen LogP contribution in [0.15, 0.2) is 48.5 Å². The van der Waals surface area contributed by atoms with Crippen LogP contribution < -0.4 is 15.5 Å². The SMILES string of the molecule is COC(=O)c1cccc(N(C)C(=O)N[C@H]2CC[C@H](Cc3ccc(F)cc3)CN2)c1. The van der Waals surface area contributed by atoms with Crippen molar-refractivity contribution in [2.75, 3.05) is 25.6 Å². The summed E-state index contributed by atoms with van der Waals surface area (Å²) in [5.41, 5.74) is 2.12. The Morgan fingerprint density at radius 1 is 1.21 bits per heavy atom. The number of rotatable bonds is 5. The minimum atomic E-state index is -0.443. The van der Waals surface area contributed by atoms with Crippen LogP contribution in [0.5, 0.6) is 0 Å². The molecule has 1 saturated heterocycles. The zero-order valence-electron chi connectivity index (χ0n) is 16.7. The summed E-state index contributed by atoms with van der Waals surface area (Å²) in [6.07, 6.45) is 2.55. The zero-order valence-corrected chi connectivity index (χ0v) is 16.7. The van der Waals surface area contributed by atoms with Gasteiger partial charge in [-0.15, -0.1) is 0 Å². The van der Waals surface area contributed by atoms with Gasteiger partial charge in [0.25, 0.3) is 0 Å². The number of nitrogens with zero attached hydrogens (tertiary/aromatic N) is 1. The number of amides is 2. The van der Waals surface area contributed by atoms with E-state index < -0.39 is 5.97 Å². The monoisotopic (exact) mass is 399 g/mol. The number of urea groups is 1. The van der Waals surface area contributed by atoms with Crippen LogP contribution in [0.3, 0.4) is 0 Å². The second kappa shape index (κ2) is 9.52. The molecule has 0 spiro atoms. The van der Waals surface area contributed by atoms with E-state index in [2.05, 4.69) is 10.6 Å². The highest BCUT2D eigenvalue weighted by Gasteiger charge is 2.23. The zero-order chi connectivity index (χ0) is 20.8. The average Bonchev–Trinajstić information content (AvgIpc) is 2.75. The first-order valence-electron chi connectivity index (χ1n) is 9.66. The molecule has 29 heavy (non-hydrogen) atoms. The second-order valence-electron chi connectivity index (χ2n) is 7.29. The smallest absolute Gasteiger partial charge is 0.337 e. The van der Waals surface area contributed by atoms with Crippen molar-refractivity contribution in [2.45, 2.75) is 25.4 Å². The summed E-state index contributed by atoms with van der Waals surface area (Å²) in [6, 6.07) is 13.1. The van der Waals surface area contributed by atoms with Crippen LogP contribution in [0.2, 0.25) is 0 Å². The van der Waals surface area contributed by atoms with Crippen molar-refractivity contribution in [3.63, 3.8) is 0 Å².